The number of anilines is 1. The van der Waals surface area contributed by atoms with E-state index in [0.717, 1.165) is 31.3 Å². The smallest absolute Gasteiger partial charge is 0.286 e. The summed E-state index contributed by atoms with van der Waals surface area (Å²) < 4.78 is 13.3. The van der Waals surface area contributed by atoms with E-state index in [0.29, 0.717) is 10.5 Å². The summed E-state index contributed by atoms with van der Waals surface area (Å²) >= 11 is 1.37. The molecule has 2 aromatic rings. The van der Waals surface area contributed by atoms with Gasteiger partial charge in [-0.3, -0.25) is 4.79 Å². The molecule has 4 nitrogen and oxygen atoms in total. The van der Waals surface area contributed by atoms with Gasteiger partial charge >= 0.3 is 0 Å². The second-order valence-electron chi connectivity index (χ2n) is 6.17. The zero-order valence-electron chi connectivity index (χ0n) is 14.1. The molecule has 2 aliphatic heterocycles. The maximum absolute atomic E-state index is 13.3. The number of halogens is 1. The number of benzene rings is 2. The Kier molecular flexibility index (Phi) is 4.75. The molecular formula is C20H18FN3OS. The predicted molar refractivity (Wildman–Crippen MR) is 105 cm³/mol. The van der Waals surface area contributed by atoms with Crippen LogP contribution in [0.3, 0.4) is 0 Å². The van der Waals surface area contributed by atoms with Crippen molar-refractivity contribution < 1.29 is 9.18 Å². The molecule has 0 unspecified atom stereocenters. The topological polar surface area (TPSA) is 35.9 Å². The predicted octanol–water partition coefficient (Wildman–Crippen LogP) is 3.62. The summed E-state index contributed by atoms with van der Waals surface area (Å²) in [6.45, 7) is 3.42. The molecule has 2 aliphatic rings. The minimum atomic E-state index is -0.312. The molecule has 1 fully saturated rings. The minimum absolute atomic E-state index is 0.250. The molecule has 26 heavy (non-hydrogen) atoms. The van der Waals surface area contributed by atoms with Gasteiger partial charge in [0.1, 0.15) is 5.82 Å². The third-order valence-electron chi connectivity index (χ3n) is 4.43. The standard InChI is InChI=1S/C20H18FN3OS/c21-16-6-4-5-15(13-16)14-18-19(25)22-20(26-18)24-11-9-23(10-12-24)17-7-2-1-3-8-17/h1-8,13-14H,9-12H2/b18-14-. The van der Waals surface area contributed by atoms with Gasteiger partial charge < -0.3 is 9.80 Å². The maximum atomic E-state index is 13.3. The molecule has 4 rings (SSSR count). The van der Waals surface area contributed by atoms with Crippen molar-refractivity contribution in [3.63, 3.8) is 0 Å². The number of carbonyl (C=O) groups is 1. The second kappa shape index (κ2) is 7.33. The Morgan fingerprint density at radius 2 is 1.69 bits per heavy atom. The van der Waals surface area contributed by atoms with Crippen molar-refractivity contribution in [2.45, 2.75) is 0 Å². The van der Waals surface area contributed by atoms with Crippen LogP contribution in [-0.2, 0) is 4.79 Å². The van der Waals surface area contributed by atoms with Gasteiger partial charge in [0.2, 0.25) is 0 Å². The molecule has 0 saturated carbocycles. The van der Waals surface area contributed by atoms with E-state index in [-0.39, 0.29) is 11.7 Å². The summed E-state index contributed by atoms with van der Waals surface area (Å²) in [5.41, 5.74) is 1.89. The molecule has 2 aromatic carbocycles. The number of amidine groups is 1. The molecule has 0 radical (unpaired) electrons. The Hall–Kier alpha value is -2.60. The van der Waals surface area contributed by atoms with Crippen LogP contribution in [0.2, 0.25) is 0 Å². The first-order valence-electron chi connectivity index (χ1n) is 8.52. The third kappa shape index (κ3) is 3.65. The Morgan fingerprint density at radius 3 is 2.42 bits per heavy atom. The van der Waals surface area contributed by atoms with E-state index in [1.54, 1.807) is 18.2 Å². The largest absolute Gasteiger partial charge is 0.368 e. The van der Waals surface area contributed by atoms with Crippen molar-refractivity contribution >= 4 is 34.6 Å². The maximum Gasteiger partial charge on any atom is 0.286 e. The molecule has 0 aromatic heterocycles. The van der Waals surface area contributed by atoms with E-state index in [1.165, 1.54) is 29.6 Å². The molecule has 0 atom stereocenters. The van der Waals surface area contributed by atoms with Crippen LogP contribution in [-0.4, -0.2) is 42.2 Å². The molecular weight excluding hydrogens is 349 g/mol. The monoisotopic (exact) mass is 367 g/mol. The number of thioether (sulfide) groups is 1. The van der Waals surface area contributed by atoms with Crippen LogP contribution in [0.15, 0.2) is 64.5 Å². The number of aliphatic imine (C=N–C) groups is 1. The van der Waals surface area contributed by atoms with Crippen LogP contribution in [0.5, 0.6) is 0 Å². The highest BCUT2D eigenvalue weighted by molar-refractivity contribution is 8.18. The van der Waals surface area contributed by atoms with Crippen LogP contribution < -0.4 is 4.90 Å². The lowest BCUT2D eigenvalue weighted by Crippen LogP contribution is -2.47. The highest BCUT2D eigenvalue weighted by Crippen LogP contribution is 2.31. The molecule has 0 N–H and O–H groups in total. The summed E-state index contributed by atoms with van der Waals surface area (Å²) in [5.74, 6) is -0.562. The van der Waals surface area contributed by atoms with Crippen molar-refractivity contribution in [3.8, 4) is 0 Å². The van der Waals surface area contributed by atoms with Gasteiger partial charge in [0, 0.05) is 31.9 Å². The number of hydrogen-bond donors (Lipinski definition) is 0. The average Bonchev–Trinajstić information content (AvgIpc) is 3.03. The van der Waals surface area contributed by atoms with Gasteiger partial charge in [0.25, 0.3) is 5.91 Å². The lowest BCUT2D eigenvalue weighted by molar-refractivity contribution is -0.113. The fourth-order valence-electron chi connectivity index (χ4n) is 3.08. The lowest BCUT2D eigenvalue weighted by atomic mass is 10.2. The van der Waals surface area contributed by atoms with Crippen molar-refractivity contribution in [3.05, 3.63) is 70.9 Å². The van der Waals surface area contributed by atoms with Gasteiger partial charge in [-0.05, 0) is 47.7 Å². The third-order valence-corrected chi connectivity index (χ3v) is 5.47. The number of amides is 1. The van der Waals surface area contributed by atoms with Crippen molar-refractivity contribution in [2.24, 2.45) is 4.99 Å². The second-order valence-corrected chi connectivity index (χ2v) is 7.18. The van der Waals surface area contributed by atoms with Gasteiger partial charge in [-0.25, -0.2) is 4.39 Å². The van der Waals surface area contributed by atoms with Crippen LogP contribution >= 0.6 is 11.8 Å². The van der Waals surface area contributed by atoms with Gasteiger partial charge in [0.05, 0.1) is 4.91 Å². The normalized spacial score (nSPS) is 19.2. The summed E-state index contributed by atoms with van der Waals surface area (Å²) in [5, 5.41) is 0.741. The van der Waals surface area contributed by atoms with E-state index in [9.17, 15) is 9.18 Å². The summed E-state index contributed by atoms with van der Waals surface area (Å²) in [6, 6.07) is 16.5. The van der Waals surface area contributed by atoms with Gasteiger partial charge in [-0.15, -0.1) is 0 Å². The first kappa shape index (κ1) is 16.8. The summed E-state index contributed by atoms with van der Waals surface area (Å²) in [7, 11) is 0. The highest BCUT2D eigenvalue weighted by Gasteiger charge is 2.28. The number of para-hydroxylation sites is 1. The summed E-state index contributed by atoms with van der Waals surface area (Å²) in [4.78, 5) is 21.4. The van der Waals surface area contributed by atoms with E-state index in [2.05, 4.69) is 26.9 Å². The van der Waals surface area contributed by atoms with Crippen LogP contribution in [0.1, 0.15) is 5.56 Å². The molecule has 0 aliphatic carbocycles. The fourth-order valence-corrected chi connectivity index (χ4v) is 4.04. The number of piperazine rings is 1. The number of rotatable bonds is 2. The highest BCUT2D eigenvalue weighted by atomic mass is 32.2. The van der Waals surface area contributed by atoms with Crippen LogP contribution in [0.4, 0.5) is 10.1 Å². The molecule has 1 saturated heterocycles. The van der Waals surface area contributed by atoms with Crippen molar-refractivity contribution in [1.29, 1.82) is 0 Å². The summed E-state index contributed by atoms with van der Waals surface area (Å²) in [6.07, 6.45) is 1.70. The molecule has 0 spiro atoms. The first-order chi connectivity index (χ1) is 12.7. The van der Waals surface area contributed by atoms with Crippen LogP contribution in [0.25, 0.3) is 6.08 Å². The molecule has 6 heteroatoms. The van der Waals surface area contributed by atoms with E-state index in [4.69, 9.17) is 0 Å². The van der Waals surface area contributed by atoms with E-state index >= 15 is 0 Å². The Bertz CT molecular complexity index is 874. The van der Waals surface area contributed by atoms with Crippen molar-refractivity contribution in [1.82, 2.24) is 4.90 Å². The van der Waals surface area contributed by atoms with Crippen molar-refractivity contribution in [2.75, 3.05) is 31.1 Å². The van der Waals surface area contributed by atoms with Crippen LogP contribution in [0, 0.1) is 5.82 Å². The fraction of sp³-hybridized carbons (Fsp3) is 0.200. The number of carbonyl (C=O) groups excluding carboxylic acids is 1. The molecule has 0 bridgehead atoms. The zero-order chi connectivity index (χ0) is 17.9. The minimum Gasteiger partial charge on any atom is -0.368 e. The Morgan fingerprint density at radius 1 is 0.962 bits per heavy atom. The average molecular weight is 367 g/mol. The van der Waals surface area contributed by atoms with Gasteiger partial charge in [-0.1, -0.05) is 30.3 Å². The first-order valence-corrected chi connectivity index (χ1v) is 9.34. The lowest BCUT2D eigenvalue weighted by Gasteiger charge is -2.36. The molecule has 2 heterocycles. The molecule has 132 valence electrons. The zero-order valence-corrected chi connectivity index (χ0v) is 15.0. The quantitative estimate of drug-likeness (QED) is 0.760. The van der Waals surface area contributed by atoms with Gasteiger partial charge in [-0.2, -0.15) is 4.99 Å². The number of hydrogen-bond acceptors (Lipinski definition) is 4. The van der Waals surface area contributed by atoms with E-state index in [1.807, 2.05) is 18.2 Å². The van der Waals surface area contributed by atoms with Gasteiger partial charge in [0.15, 0.2) is 5.17 Å². The van der Waals surface area contributed by atoms with E-state index < -0.39 is 0 Å². The Labute approximate surface area is 156 Å². The number of nitrogens with zero attached hydrogens (tertiary/aromatic N) is 3. The Balaban J connectivity index is 1.41. The SMILES string of the molecule is O=C1N=C(N2CCN(c3ccccc3)CC2)S/C1=C\c1cccc(F)c1. The molecule has 1 amide bonds.